The molecule has 0 aliphatic carbocycles. The predicted molar refractivity (Wildman–Crippen MR) is 123 cm³/mol. The number of hydrogen-bond acceptors (Lipinski definition) is 0. The molecule has 0 aliphatic heterocycles. The van der Waals surface area contributed by atoms with E-state index in [1.54, 1.807) is 0 Å². The zero-order valence-corrected chi connectivity index (χ0v) is 19.4. The van der Waals surface area contributed by atoms with Gasteiger partial charge in [-0.2, -0.15) is 0 Å². The second-order valence-corrected chi connectivity index (χ2v) is 5.00. The number of benzene rings is 3. The average molecular weight is 447 g/mol. The summed E-state index contributed by atoms with van der Waals surface area (Å²) in [4.78, 5) is 0. The van der Waals surface area contributed by atoms with Gasteiger partial charge < -0.3 is 0 Å². The SMILES string of the molecule is CC.CC.CC.Clc1ccccc1.Clc1ccccc1.Fc1cccc(F)c1F. The lowest BCUT2D eigenvalue weighted by Crippen LogP contribution is -1.86. The molecule has 0 saturated heterocycles. The Kier molecular flexibility index (Phi) is 26.3. The first kappa shape index (κ1) is 31.7. The normalized spacial score (nSPS) is 7.83. The highest BCUT2D eigenvalue weighted by molar-refractivity contribution is 6.30. The first-order valence-corrected chi connectivity index (χ1v) is 10.3. The zero-order chi connectivity index (χ0) is 23.1. The van der Waals surface area contributed by atoms with Gasteiger partial charge in [-0.3, -0.25) is 0 Å². The van der Waals surface area contributed by atoms with Crippen molar-refractivity contribution < 1.29 is 13.2 Å². The topological polar surface area (TPSA) is 0 Å². The maximum atomic E-state index is 12.0. The molecule has 0 N–H and O–H groups in total. The Morgan fingerprint density at radius 3 is 0.897 bits per heavy atom. The van der Waals surface area contributed by atoms with E-state index >= 15 is 0 Å². The minimum absolute atomic E-state index is 0.794. The Bertz CT molecular complexity index is 633. The third-order valence-electron chi connectivity index (χ3n) is 2.37. The molecule has 0 amide bonds. The summed E-state index contributed by atoms with van der Waals surface area (Å²) in [6.45, 7) is 12.0. The van der Waals surface area contributed by atoms with Crippen LogP contribution in [0.2, 0.25) is 10.0 Å². The van der Waals surface area contributed by atoms with E-state index in [9.17, 15) is 13.2 Å². The first-order chi connectivity index (χ1) is 14.0. The van der Waals surface area contributed by atoms with E-state index in [2.05, 4.69) is 0 Å². The van der Waals surface area contributed by atoms with Crippen LogP contribution in [0.15, 0.2) is 78.9 Å². The van der Waals surface area contributed by atoms with Gasteiger partial charge in [0, 0.05) is 10.0 Å². The summed E-state index contributed by atoms with van der Waals surface area (Å²) >= 11 is 11.1. The lowest BCUT2D eigenvalue weighted by Gasteiger charge is -1.90. The molecular weight excluding hydrogens is 416 g/mol. The summed E-state index contributed by atoms with van der Waals surface area (Å²) in [6.07, 6.45) is 0. The van der Waals surface area contributed by atoms with Gasteiger partial charge in [-0.1, -0.05) is 107 Å². The highest BCUT2D eigenvalue weighted by Gasteiger charge is 2.04. The van der Waals surface area contributed by atoms with E-state index in [1.807, 2.05) is 102 Å². The van der Waals surface area contributed by atoms with Crippen LogP contribution < -0.4 is 0 Å². The van der Waals surface area contributed by atoms with Crippen LogP contribution in [0.4, 0.5) is 13.2 Å². The third-order valence-corrected chi connectivity index (χ3v) is 2.87. The van der Waals surface area contributed by atoms with Crippen molar-refractivity contribution in [2.45, 2.75) is 41.5 Å². The second kappa shape index (κ2) is 24.1. The van der Waals surface area contributed by atoms with Gasteiger partial charge in [0.25, 0.3) is 0 Å². The third kappa shape index (κ3) is 19.1. The minimum atomic E-state index is -1.42. The van der Waals surface area contributed by atoms with Gasteiger partial charge in [0.2, 0.25) is 0 Å². The summed E-state index contributed by atoms with van der Waals surface area (Å²) in [5, 5.41) is 1.59. The van der Waals surface area contributed by atoms with Crippen molar-refractivity contribution >= 4 is 23.2 Å². The van der Waals surface area contributed by atoms with Gasteiger partial charge >= 0.3 is 0 Å². The standard InChI is InChI=1S/2C6H5Cl.C6H3F3.3C2H6/c2*7-6-4-2-1-3-5-6;7-4-2-1-3-5(8)6(4)9;3*1-2/h2*1-5H;1-3H;3*1-2H3. The lowest BCUT2D eigenvalue weighted by atomic mass is 10.3. The predicted octanol–water partition coefficient (Wildman–Crippen LogP) is 9.86. The van der Waals surface area contributed by atoms with Crippen molar-refractivity contribution in [2.24, 2.45) is 0 Å². The van der Waals surface area contributed by atoms with Gasteiger partial charge in [-0.15, -0.1) is 0 Å². The van der Waals surface area contributed by atoms with Crippen molar-refractivity contribution in [3.05, 3.63) is 106 Å². The van der Waals surface area contributed by atoms with Crippen LogP contribution in [0.25, 0.3) is 0 Å². The molecule has 0 nitrogen and oxygen atoms in total. The molecule has 3 aromatic rings. The molecule has 0 aliphatic rings. The molecule has 3 rings (SSSR count). The molecule has 0 fully saturated rings. The quantitative estimate of drug-likeness (QED) is 0.301. The van der Waals surface area contributed by atoms with Crippen molar-refractivity contribution in [3.63, 3.8) is 0 Å². The maximum absolute atomic E-state index is 12.0. The van der Waals surface area contributed by atoms with Crippen molar-refractivity contribution in [3.8, 4) is 0 Å². The molecule has 0 spiro atoms. The van der Waals surface area contributed by atoms with Crippen molar-refractivity contribution in [1.29, 1.82) is 0 Å². The molecular formula is C24H31Cl2F3. The molecule has 162 valence electrons. The fourth-order valence-corrected chi connectivity index (χ4v) is 1.60. The summed E-state index contributed by atoms with van der Waals surface area (Å²) < 4.78 is 35.9. The molecule has 5 heteroatoms. The van der Waals surface area contributed by atoms with Gasteiger partial charge in [0.1, 0.15) is 0 Å². The molecule has 0 aromatic heterocycles. The van der Waals surface area contributed by atoms with Crippen molar-refractivity contribution in [2.75, 3.05) is 0 Å². The van der Waals surface area contributed by atoms with Crippen LogP contribution in [-0.2, 0) is 0 Å². The molecule has 0 radical (unpaired) electrons. The van der Waals surface area contributed by atoms with E-state index in [0.29, 0.717) is 0 Å². The highest BCUT2D eigenvalue weighted by atomic mass is 35.5. The van der Waals surface area contributed by atoms with Crippen LogP contribution in [0.3, 0.4) is 0 Å². The van der Waals surface area contributed by atoms with Gasteiger partial charge in [-0.25, -0.2) is 13.2 Å². The van der Waals surface area contributed by atoms with E-state index in [1.165, 1.54) is 0 Å². The average Bonchev–Trinajstić information content (AvgIpc) is 2.78. The van der Waals surface area contributed by atoms with E-state index < -0.39 is 17.5 Å². The van der Waals surface area contributed by atoms with Crippen LogP contribution >= 0.6 is 23.2 Å². The van der Waals surface area contributed by atoms with E-state index in [0.717, 1.165) is 28.2 Å². The largest absolute Gasteiger partial charge is 0.204 e. The zero-order valence-electron chi connectivity index (χ0n) is 17.9. The monoisotopic (exact) mass is 446 g/mol. The Balaban J connectivity index is -0.000000311. The number of halogens is 5. The number of rotatable bonds is 0. The Hall–Kier alpha value is -1.97. The maximum Gasteiger partial charge on any atom is 0.194 e. The van der Waals surface area contributed by atoms with Gasteiger partial charge in [-0.05, 0) is 36.4 Å². The lowest BCUT2D eigenvalue weighted by molar-refractivity contribution is 0.447. The van der Waals surface area contributed by atoms with Gasteiger partial charge in [0.05, 0.1) is 0 Å². The van der Waals surface area contributed by atoms with Crippen LogP contribution in [-0.4, -0.2) is 0 Å². The minimum Gasteiger partial charge on any atom is -0.204 e. The smallest absolute Gasteiger partial charge is 0.194 e. The highest BCUT2D eigenvalue weighted by Crippen LogP contribution is 2.08. The molecule has 0 bridgehead atoms. The Morgan fingerprint density at radius 2 is 0.724 bits per heavy atom. The van der Waals surface area contributed by atoms with Gasteiger partial charge in [0.15, 0.2) is 17.5 Å². The van der Waals surface area contributed by atoms with Crippen LogP contribution in [0, 0.1) is 17.5 Å². The fourth-order valence-electron chi connectivity index (χ4n) is 1.31. The first-order valence-electron chi connectivity index (χ1n) is 9.51. The van der Waals surface area contributed by atoms with E-state index in [-0.39, 0.29) is 0 Å². The molecule has 3 aromatic carbocycles. The Morgan fingerprint density at radius 1 is 0.448 bits per heavy atom. The fraction of sp³-hybridized carbons (Fsp3) is 0.250. The molecule has 0 heterocycles. The second-order valence-electron chi connectivity index (χ2n) is 4.13. The molecule has 0 atom stereocenters. The summed E-state index contributed by atoms with van der Waals surface area (Å²) in [6, 6.07) is 21.7. The molecule has 29 heavy (non-hydrogen) atoms. The van der Waals surface area contributed by atoms with Crippen LogP contribution in [0.5, 0.6) is 0 Å². The number of hydrogen-bond donors (Lipinski definition) is 0. The molecule has 0 unspecified atom stereocenters. The van der Waals surface area contributed by atoms with E-state index in [4.69, 9.17) is 23.2 Å². The molecule has 0 saturated carbocycles. The van der Waals surface area contributed by atoms with Crippen molar-refractivity contribution in [1.82, 2.24) is 0 Å². The van der Waals surface area contributed by atoms with Crippen LogP contribution in [0.1, 0.15) is 41.5 Å². The summed E-state index contributed by atoms with van der Waals surface area (Å²) in [5.41, 5.74) is 0. The summed E-state index contributed by atoms with van der Waals surface area (Å²) in [5.74, 6) is -3.73. The Labute approximate surface area is 184 Å². The summed E-state index contributed by atoms with van der Waals surface area (Å²) in [7, 11) is 0.